The highest BCUT2D eigenvalue weighted by atomic mass is 32.1. The number of nitrogens with two attached hydrogens (primary N) is 1. The zero-order chi connectivity index (χ0) is 19.0. The first-order valence-corrected chi connectivity index (χ1v) is 8.58. The molecule has 3 heterocycles. The first kappa shape index (κ1) is 18.5. The number of hydrogen-bond acceptors (Lipinski definition) is 11. The third kappa shape index (κ3) is 3.49. The van der Waals surface area contributed by atoms with Crippen LogP contribution in [0.3, 0.4) is 0 Å². The summed E-state index contributed by atoms with van der Waals surface area (Å²) >= 11 is 0.853. The molecule has 142 valence electrons. The van der Waals surface area contributed by atoms with E-state index < -0.39 is 35.6 Å². The van der Waals surface area contributed by atoms with Gasteiger partial charge in [0.25, 0.3) is 0 Å². The molecule has 2 aromatic rings. The van der Waals surface area contributed by atoms with Crippen molar-refractivity contribution in [3.8, 4) is 0 Å². The zero-order valence-corrected chi connectivity index (χ0v) is 14.8. The molecule has 0 unspecified atom stereocenters. The summed E-state index contributed by atoms with van der Waals surface area (Å²) in [7, 11) is 0. The summed E-state index contributed by atoms with van der Waals surface area (Å²) in [5.41, 5.74) is 5.74. The van der Waals surface area contributed by atoms with Gasteiger partial charge in [0, 0.05) is 0 Å². The van der Waals surface area contributed by atoms with Crippen LogP contribution in [0.1, 0.15) is 20.1 Å². The second-order valence-electron chi connectivity index (χ2n) is 5.93. The van der Waals surface area contributed by atoms with Crippen LogP contribution >= 0.6 is 11.3 Å². The number of aliphatic hydroxyl groups excluding tert-OH is 2. The Bertz CT molecular complexity index is 867. The highest BCUT2D eigenvalue weighted by Crippen LogP contribution is 2.31. The number of rotatable bonds is 4. The lowest BCUT2D eigenvalue weighted by atomic mass is 10.1. The summed E-state index contributed by atoms with van der Waals surface area (Å²) in [6.45, 7) is 2.96. The first-order valence-electron chi connectivity index (χ1n) is 7.76. The van der Waals surface area contributed by atoms with Crippen molar-refractivity contribution in [2.75, 3.05) is 12.3 Å². The average molecular weight is 386 g/mol. The van der Waals surface area contributed by atoms with E-state index >= 15 is 0 Å². The van der Waals surface area contributed by atoms with Crippen molar-refractivity contribution < 1.29 is 29.2 Å². The van der Waals surface area contributed by atoms with Gasteiger partial charge in [-0.05, 0) is 13.8 Å². The Kier molecular flexibility index (Phi) is 5.09. The first-order chi connectivity index (χ1) is 12.3. The predicted molar refractivity (Wildman–Crippen MR) is 89.6 cm³/mol. The predicted octanol–water partition coefficient (Wildman–Crippen LogP) is -0.384. The monoisotopic (exact) mass is 386 g/mol. The molecule has 2 aromatic heterocycles. The normalized spacial score (nSPS) is 25.7. The summed E-state index contributed by atoms with van der Waals surface area (Å²) in [6.07, 6.45) is -4.97. The molecule has 0 aliphatic carbocycles. The second kappa shape index (κ2) is 7.15. The molecule has 4 N–H and O–H groups in total. The van der Waals surface area contributed by atoms with E-state index in [-0.39, 0.29) is 24.3 Å². The van der Waals surface area contributed by atoms with E-state index in [1.165, 1.54) is 6.20 Å². The van der Waals surface area contributed by atoms with Crippen molar-refractivity contribution in [1.29, 1.82) is 0 Å². The van der Waals surface area contributed by atoms with E-state index in [1.807, 2.05) is 0 Å². The molecule has 12 heteroatoms. The minimum atomic E-state index is -1.43. The zero-order valence-electron chi connectivity index (χ0n) is 13.9. The Morgan fingerprint density at radius 1 is 1.46 bits per heavy atom. The molecular weight excluding hydrogens is 368 g/mol. The molecular formula is C14H18N4O7S. The van der Waals surface area contributed by atoms with Gasteiger partial charge in [0.1, 0.15) is 24.9 Å². The molecule has 4 atom stereocenters. The molecule has 0 amide bonds. The molecule has 26 heavy (non-hydrogen) atoms. The number of carbonyl (C=O) groups is 1. The molecule has 11 nitrogen and oxygen atoms in total. The van der Waals surface area contributed by atoms with Crippen LogP contribution in [0.4, 0.5) is 10.7 Å². The van der Waals surface area contributed by atoms with Crippen LogP contribution in [0, 0.1) is 0 Å². The van der Waals surface area contributed by atoms with Gasteiger partial charge in [-0.3, -0.25) is 9.36 Å². The molecule has 0 radical (unpaired) electrons. The fraction of sp³-hybridized carbons (Fsp3) is 0.571. The SMILES string of the molecule is CC(C)OC(=O)OC[C@H]1O[C@@H](n2c(=O)sc3cnc(N)nc32)[C@H](O)[C@@H]1O. The van der Waals surface area contributed by atoms with Crippen molar-refractivity contribution in [3.05, 3.63) is 15.9 Å². The lowest BCUT2D eigenvalue weighted by Gasteiger charge is -2.16. The van der Waals surface area contributed by atoms with Crippen LogP contribution in [-0.2, 0) is 14.2 Å². The number of anilines is 1. The summed E-state index contributed by atoms with van der Waals surface area (Å²) in [6, 6.07) is 0. The summed E-state index contributed by atoms with van der Waals surface area (Å²) < 4.78 is 16.8. The van der Waals surface area contributed by atoms with Crippen molar-refractivity contribution in [3.63, 3.8) is 0 Å². The van der Waals surface area contributed by atoms with Crippen LogP contribution < -0.4 is 10.6 Å². The van der Waals surface area contributed by atoms with Crippen molar-refractivity contribution in [2.45, 2.75) is 44.5 Å². The van der Waals surface area contributed by atoms with Crippen LogP contribution in [-0.4, -0.2) is 61.9 Å². The maximum Gasteiger partial charge on any atom is 0.508 e. The van der Waals surface area contributed by atoms with Crippen molar-refractivity contribution >= 4 is 33.8 Å². The van der Waals surface area contributed by atoms with Crippen LogP contribution in [0.2, 0.25) is 0 Å². The van der Waals surface area contributed by atoms with E-state index in [1.54, 1.807) is 13.8 Å². The van der Waals surface area contributed by atoms with Gasteiger partial charge in [-0.2, -0.15) is 4.98 Å². The lowest BCUT2D eigenvalue weighted by molar-refractivity contribution is -0.0640. The van der Waals surface area contributed by atoms with E-state index in [2.05, 4.69) is 9.97 Å². The Morgan fingerprint density at radius 2 is 2.19 bits per heavy atom. The molecule has 1 fully saturated rings. The van der Waals surface area contributed by atoms with E-state index in [0.29, 0.717) is 4.70 Å². The Balaban J connectivity index is 1.80. The average Bonchev–Trinajstić information content (AvgIpc) is 3.02. The molecule has 1 aliphatic rings. The number of ether oxygens (including phenoxy) is 3. The van der Waals surface area contributed by atoms with Gasteiger partial charge in [-0.1, -0.05) is 11.3 Å². The number of nitrogen functional groups attached to an aromatic ring is 1. The molecule has 3 rings (SSSR count). The lowest BCUT2D eigenvalue weighted by Crippen LogP contribution is -2.35. The highest BCUT2D eigenvalue weighted by molar-refractivity contribution is 7.16. The minimum absolute atomic E-state index is 0.0478. The van der Waals surface area contributed by atoms with Crippen molar-refractivity contribution in [1.82, 2.24) is 14.5 Å². The van der Waals surface area contributed by atoms with Gasteiger partial charge in [-0.15, -0.1) is 0 Å². The van der Waals surface area contributed by atoms with Crippen molar-refractivity contribution in [2.24, 2.45) is 0 Å². The fourth-order valence-electron chi connectivity index (χ4n) is 2.53. The topological polar surface area (TPSA) is 159 Å². The molecule has 1 aliphatic heterocycles. The summed E-state index contributed by atoms with van der Waals surface area (Å²) in [5.74, 6) is -0.0478. The Morgan fingerprint density at radius 3 is 2.88 bits per heavy atom. The molecule has 0 bridgehead atoms. The third-order valence-corrected chi connectivity index (χ3v) is 4.55. The van der Waals surface area contributed by atoms with Crippen LogP contribution in [0.15, 0.2) is 11.0 Å². The number of nitrogens with zero attached hydrogens (tertiary/aromatic N) is 3. The maximum absolute atomic E-state index is 12.3. The summed E-state index contributed by atoms with van der Waals surface area (Å²) in [4.78, 5) is 31.1. The number of thiazole rings is 1. The van der Waals surface area contributed by atoms with Crippen LogP contribution in [0.5, 0.6) is 0 Å². The number of aromatic nitrogens is 3. The fourth-order valence-corrected chi connectivity index (χ4v) is 3.35. The number of fused-ring (bicyclic) bond motifs is 1. The standard InChI is InChI=1S/C14H18N4O7S/c1-5(2)24-14(22)23-4-6-8(19)9(20)11(25-6)18-10-7(26-13(18)21)3-16-12(15)17-10/h3,5-6,8-9,11,19-20H,4H2,1-2H3,(H2,15,16,17)/t6-,8-,9-,11-/m1/s1. The number of hydrogen-bond donors (Lipinski definition) is 3. The van der Waals surface area contributed by atoms with Gasteiger partial charge < -0.3 is 30.2 Å². The third-order valence-electron chi connectivity index (χ3n) is 3.67. The number of carbonyl (C=O) groups excluding carboxylic acids is 1. The molecule has 0 spiro atoms. The minimum Gasteiger partial charge on any atom is -0.432 e. The largest absolute Gasteiger partial charge is 0.508 e. The van der Waals surface area contributed by atoms with Gasteiger partial charge in [0.15, 0.2) is 11.9 Å². The second-order valence-corrected chi connectivity index (χ2v) is 6.92. The smallest absolute Gasteiger partial charge is 0.432 e. The van der Waals surface area contributed by atoms with E-state index in [9.17, 15) is 19.8 Å². The number of aliphatic hydroxyl groups is 2. The Hall–Kier alpha value is -2.28. The molecule has 0 aromatic carbocycles. The maximum atomic E-state index is 12.3. The quantitative estimate of drug-likeness (QED) is 0.591. The van der Waals surface area contributed by atoms with Gasteiger partial charge in [0.2, 0.25) is 5.95 Å². The highest BCUT2D eigenvalue weighted by Gasteiger charge is 2.45. The molecule has 0 saturated carbocycles. The van der Waals surface area contributed by atoms with Gasteiger partial charge >= 0.3 is 11.0 Å². The van der Waals surface area contributed by atoms with Crippen LogP contribution in [0.25, 0.3) is 10.3 Å². The molecule has 1 saturated heterocycles. The van der Waals surface area contributed by atoms with Gasteiger partial charge in [-0.25, -0.2) is 9.78 Å². The van der Waals surface area contributed by atoms with E-state index in [0.717, 1.165) is 15.9 Å². The van der Waals surface area contributed by atoms with Gasteiger partial charge in [0.05, 0.1) is 17.0 Å². The van der Waals surface area contributed by atoms with E-state index in [4.69, 9.17) is 19.9 Å². The summed E-state index contributed by atoms with van der Waals surface area (Å²) in [5, 5.41) is 20.4. The Labute approximate surface area is 150 Å².